The van der Waals surface area contributed by atoms with Crippen molar-refractivity contribution in [1.29, 1.82) is 0 Å². The third kappa shape index (κ3) is 1.74. The normalized spacial score (nSPS) is 20.2. The highest BCUT2D eigenvalue weighted by molar-refractivity contribution is 5.05. The number of nitrogens with zero attached hydrogens (tertiary/aromatic N) is 4. The van der Waals surface area contributed by atoms with Gasteiger partial charge in [0, 0.05) is 12.8 Å². The molecule has 0 saturated heterocycles. The van der Waals surface area contributed by atoms with Crippen molar-refractivity contribution >= 4 is 0 Å². The zero-order valence-electron chi connectivity index (χ0n) is 8.03. The molecule has 0 aliphatic heterocycles. The van der Waals surface area contributed by atoms with Gasteiger partial charge in [0.15, 0.2) is 5.82 Å². The third-order valence-electron chi connectivity index (χ3n) is 2.90. The summed E-state index contributed by atoms with van der Waals surface area (Å²) in [4.78, 5) is 3.78. The molecule has 1 heterocycles. The smallest absolute Gasteiger partial charge is 0.239 e. The molecule has 0 atom stereocenters. The van der Waals surface area contributed by atoms with Gasteiger partial charge < -0.3 is 4.85 Å². The molecule has 1 N–H and O–H groups in total. The Balaban J connectivity index is 2.09. The molecule has 2 rings (SSSR count). The van der Waals surface area contributed by atoms with Crippen molar-refractivity contribution in [2.24, 2.45) is 0 Å². The Kier molecular flexibility index (Phi) is 2.44. The van der Waals surface area contributed by atoms with Crippen LogP contribution in [0.2, 0.25) is 0 Å². The highest BCUT2D eigenvalue weighted by Gasteiger charge is 2.39. The number of tetrazole rings is 1. The van der Waals surface area contributed by atoms with Crippen molar-refractivity contribution in [1.82, 2.24) is 20.6 Å². The molecule has 1 fully saturated rings. The van der Waals surface area contributed by atoms with Gasteiger partial charge in [0.25, 0.3) is 0 Å². The van der Waals surface area contributed by atoms with E-state index in [2.05, 4.69) is 25.5 Å². The molecule has 1 aromatic heterocycles. The first-order chi connectivity index (χ1) is 6.85. The molecule has 0 spiro atoms. The van der Waals surface area contributed by atoms with Gasteiger partial charge >= 0.3 is 0 Å². The van der Waals surface area contributed by atoms with Crippen molar-refractivity contribution in [3.63, 3.8) is 0 Å². The van der Waals surface area contributed by atoms with Crippen LogP contribution < -0.4 is 0 Å². The summed E-state index contributed by atoms with van der Waals surface area (Å²) in [5.74, 6) is 0.669. The van der Waals surface area contributed by atoms with Crippen LogP contribution in [0.5, 0.6) is 0 Å². The van der Waals surface area contributed by atoms with Crippen molar-refractivity contribution in [3.8, 4) is 0 Å². The fourth-order valence-electron chi connectivity index (χ4n) is 2.09. The Labute approximate surface area is 82.7 Å². The summed E-state index contributed by atoms with van der Waals surface area (Å²) in [6.07, 6.45) is 6.16. The number of hydrogen-bond donors (Lipinski definition) is 1. The van der Waals surface area contributed by atoms with Crippen LogP contribution in [-0.2, 0) is 6.42 Å². The molecule has 0 bridgehead atoms. The van der Waals surface area contributed by atoms with E-state index in [4.69, 9.17) is 6.57 Å². The molecule has 5 nitrogen and oxygen atoms in total. The van der Waals surface area contributed by atoms with Crippen LogP contribution in [0, 0.1) is 6.57 Å². The van der Waals surface area contributed by atoms with Crippen molar-refractivity contribution in [2.75, 3.05) is 0 Å². The molecule has 0 amide bonds. The molecule has 74 valence electrons. The number of hydrogen-bond acceptors (Lipinski definition) is 3. The predicted octanol–water partition coefficient (Wildman–Crippen LogP) is 1.36. The SMILES string of the molecule is [C-]#[N+]C1(Cc2nn[nH]n2)CCCCC1. The monoisotopic (exact) mass is 191 g/mol. The average Bonchev–Trinajstić information content (AvgIpc) is 2.72. The van der Waals surface area contributed by atoms with Gasteiger partial charge in [-0.25, -0.2) is 6.57 Å². The highest BCUT2D eigenvalue weighted by Crippen LogP contribution is 2.33. The van der Waals surface area contributed by atoms with Crippen LogP contribution in [0.25, 0.3) is 4.85 Å². The van der Waals surface area contributed by atoms with E-state index in [1.165, 1.54) is 6.42 Å². The molecule has 0 aromatic carbocycles. The number of aromatic nitrogens is 4. The van der Waals surface area contributed by atoms with Crippen LogP contribution in [-0.4, -0.2) is 26.2 Å². The van der Waals surface area contributed by atoms with E-state index < -0.39 is 0 Å². The topological polar surface area (TPSA) is 58.8 Å². The van der Waals surface area contributed by atoms with Crippen molar-refractivity contribution in [2.45, 2.75) is 44.1 Å². The zero-order chi connectivity index (χ0) is 9.86. The molecule has 14 heavy (non-hydrogen) atoms. The standard InChI is InChI=1S/C9H13N5/c1-10-9(5-3-2-4-6-9)7-8-11-13-14-12-8/h2-7H2,(H,11,12,13,14). The van der Waals surface area contributed by atoms with Crippen LogP contribution in [0.1, 0.15) is 37.9 Å². The van der Waals surface area contributed by atoms with Gasteiger partial charge in [0.2, 0.25) is 5.54 Å². The molecule has 1 aromatic rings. The second-order valence-electron chi connectivity index (χ2n) is 3.90. The van der Waals surface area contributed by atoms with Gasteiger partial charge in [-0.05, 0) is 12.8 Å². The van der Waals surface area contributed by atoms with E-state index in [1.54, 1.807) is 0 Å². The maximum absolute atomic E-state index is 7.29. The van der Waals surface area contributed by atoms with E-state index >= 15 is 0 Å². The van der Waals surface area contributed by atoms with E-state index in [0.717, 1.165) is 25.7 Å². The summed E-state index contributed by atoms with van der Waals surface area (Å²) in [6.45, 7) is 7.29. The quantitative estimate of drug-likeness (QED) is 0.718. The fraction of sp³-hybridized carbons (Fsp3) is 0.778. The lowest BCUT2D eigenvalue weighted by molar-refractivity contribution is 0.339. The lowest BCUT2D eigenvalue weighted by Gasteiger charge is -2.24. The highest BCUT2D eigenvalue weighted by atomic mass is 15.5. The average molecular weight is 191 g/mol. The Morgan fingerprint density at radius 2 is 2.14 bits per heavy atom. The predicted molar refractivity (Wildman–Crippen MR) is 50.3 cm³/mol. The van der Waals surface area contributed by atoms with E-state index in [-0.39, 0.29) is 5.54 Å². The van der Waals surface area contributed by atoms with Gasteiger partial charge in [-0.3, -0.25) is 0 Å². The van der Waals surface area contributed by atoms with Gasteiger partial charge in [0.05, 0.1) is 6.42 Å². The third-order valence-corrected chi connectivity index (χ3v) is 2.90. The van der Waals surface area contributed by atoms with E-state index in [0.29, 0.717) is 12.2 Å². The van der Waals surface area contributed by atoms with E-state index in [1.807, 2.05) is 0 Å². The maximum atomic E-state index is 7.29. The zero-order valence-corrected chi connectivity index (χ0v) is 8.03. The van der Waals surface area contributed by atoms with E-state index in [9.17, 15) is 0 Å². The van der Waals surface area contributed by atoms with Gasteiger partial charge in [-0.15, -0.1) is 10.2 Å². The van der Waals surface area contributed by atoms with Crippen LogP contribution in [0.4, 0.5) is 0 Å². The lowest BCUT2D eigenvalue weighted by Crippen LogP contribution is -2.30. The summed E-state index contributed by atoms with van der Waals surface area (Å²) in [6, 6.07) is 0. The minimum atomic E-state index is -0.248. The van der Waals surface area contributed by atoms with Gasteiger partial charge in [-0.1, -0.05) is 11.6 Å². The van der Waals surface area contributed by atoms with Gasteiger partial charge in [-0.2, -0.15) is 5.21 Å². The second-order valence-corrected chi connectivity index (χ2v) is 3.90. The molecular formula is C9H13N5. The number of aromatic amines is 1. The fourth-order valence-corrected chi connectivity index (χ4v) is 2.09. The van der Waals surface area contributed by atoms with Crippen LogP contribution in [0.15, 0.2) is 0 Å². The maximum Gasteiger partial charge on any atom is 0.239 e. The second kappa shape index (κ2) is 3.74. The molecule has 0 radical (unpaired) electrons. The first-order valence-corrected chi connectivity index (χ1v) is 4.96. The summed E-state index contributed by atoms with van der Waals surface area (Å²) < 4.78 is 0. The molecule has 1 aliphatic rings. The van der Waals surface area contributed by atoms with Crippen molar-refractivity contribution < 1.29 is 0 Å². The van der Waals surface area contributed by atoms with Crippen LogP contribution >= 0.6 is 0 Å². The largest absolute Gasteiger partial charge is 0.310 e. The summed E-state index contributed by atoms with van der Waals surface area (Å²) in [5, 5.41) is 13.8. The molecule has 5 heteroatoms. The molecule has 1 saturated carbocycles. The lowest BCUT2D eigenvalue weighted by atomic mass is 9.80. The summed E-state index contributed by atoms with van der Waals surface area (Å²) in [7, 11) is 0. The van der Waals surface area contributed by atoms with Crippen LogP contribution in [0.3, 0.4) is 0 Å². The molecular weight excluding hydrogens is 178 g/mol. The molecule has 0 unspecified atom stereocenters. The number of H-pyrrole nitrogens is 1. The Morgan fingerprint density at radius 3 is 2.71 bits per heavy atom. The Morgan fingerprint density at radius 1 is 1.36 bits per heavy atom. The Bertz CT molecular complexity index is 317. The minimum Gasteiger partial charge on any atom is -0.310 e. The number of rotatable bonds is 2. The first kappa shape index (κ1) is 9.13. The Hall–Kier alpha value is -1.44. The molecule has 1 aliphatic carbocycles. The summed E-state index contributed by atoms with van der Waals surface area (Å²) >= 11 is 0. The minimum absolute atomic E-state index is 0.248. The van der Waals surface area contributed by atoms with Gasteiger partial charge in [0.1, 0.15) is 0 Å². The summed E-state index contributed by atoms with van der Waals surface area (Å²) in [5.41, 5.74) is -0.248. The number of nitrogens with one attached hydrogen (secondary N) is 1. The van der Waals surface area contributed by atoms with Crippen molar-refractivity contribution in [3.05, 3.63) is 17.2 Å². The first-order valence-electron chi connectivity index (χ1n) is 4.96.